The van der Waals surface area contributed by atoms with Crippen molar-refractivity contribution in [1.82, 2.24) is 4.90 Å². The fraction of sp³-hybridized carbons (Fsp3) is 0.500. The molecule has 2 atom stereocenters. The van der Waals surface area contributed by atoms with Gasteiger partial charge in [0.05, 0.1) is 18.2 Å². The summed E-state index contributed by atoms with van der Waals surface area (Å²) in [6, 6.07) is 2.94. The second-order valence-corrected chi connectivity index (χ2v) is 5.12. The molecular formula is C14H17F2NO2. The highest BCUT2D eigenvalue weighted by Crippen LogP contribution is 2.18. The fourth-order valence-electron chi connectivity index (χ4n) is 2.26. The minimum Gasteiger partial charge on any atom is -0.392 e. The smallest absolute Gasteiger partial charge is 0.179 e. The number of hydrogen-bond acceptors (Lipinski definition) is 3. The Balaban J connectivity index is 2.01. The van der Waals surface area contributed by atoms with Crippen LogP contribution in [0.25, 0.3) is 0 Å². The van der Waals surface area contributed by atoms with Gasteiger partial charge in [-0.1, -0.05) is 6.92 Å². The number of carbonyl (C=O) groups is 1. The van der Waals surface area contributed by atoms with Crippen LogP contribution in [0.5, 0.6) is 0 Å². The maximum atomic E-state index is 13.5. The largest absolute Gasteiger partial charge is 0.392 e. The number of hydrogen-bond donors (Lipinski definition) is 1. The molecule has 1 fully saturated rings. The molecule has 1 N–H and O–H groups in total. The van der Waals surface area contributed by atoms with Crippen LogP contribution in [-0.2, 0) is 0 Å². The molecule has 0 spiro atoms. The first-order valence-corrected chi connectivity index (χ1v) is 6.36. The van der Waals surface area contributed by atoms with Crippen LogP contribution < -0.4 is 0 Å². The van der Waals surface area contributed by atoms with Gasteiger partial charge < -0.3 is 5.11 Å². The number of ketones is 1. The van der Waals surface area contributed by atoms with Crippen molar-refractivity contribution in [1.29, 1.82) is 0 Å². The Morgan fingerprint density at radius 1 is 1.47 bits per heavy atom. The first-order valence-electron chi connectivity index (χ1n) is 6.36. The third-order valence-electron chi connectivity index (χ3n) is 3.60. The summed E-state index contributed by atoms with van der Waals surface area (Å²) in [4.78, 5) is 13.7. The SMILES string of the molecule is CC1CCN(CC(=O)c2ccc(F)cc2F)CC1O. The summed E-state index contributed by atoms with van der Waals surface area (Å²) >= 11 is 0. The Morgan fingerprint density at radius 2 is 2.21 bits per heavy atom. The number of nitrogens with zero attached hydrogens (tertiary/aromatic N) is 1. The van der Waals surface area contributed by atoms with Crippen molar-refractivity contribution in [2.24, 2.45) is 5.92 Å². The van der Waals surface area contributed by atoms with Crippen molar-refractivity contribution in [2.45, 2.75) is 19.4 Å². The number of halogens is 2. The lowest BCUT2D eigenvalue weighted by atomic mass is 9.95. The topological polar surface area (TPSA) is 40.5 Å². The zero-order chi connectivity index (χ0) is 14.0. The van der Waals surface area contributed by atoms with E-state index in [1.165, 1.54) is 0 Å². The predicted molar refractivity (Wildman–Crippen MR) is 66.9 cm³/mol. The number of aliphatic hydroxyl groups excluding tert-OH is 1. The van der Waals surface area contributed by atoms with Crippen molar-refractivity contribution in [3.8, 4) is 0 Å². The Kier molecular flexibility index (Phi) is 4.27. The number of rotatable bonds is 3. The van der Waals surface area contributed by atoms with Crippen LogP contribution in [-0.4, -0.2) is 41.5 Å². The van der Waals surface area contributed by atoms with Crippen molar-refractivity contribution in [3.63, 3.8) is 0 Å². The molecule has 104 valence electrons. The Hall–Kier alpha value is -1.33. The van der Waals surface area contributed by atoms with E-state index in [0.717, 1.165) is 18.6 Å². The number of piperidine rings is 1. The molecule has 3 nitrogen and oxygen atoms in total. The van der Waals surface area contributed by atoms with Crippen LogP contribution >= 0.6 is 0 Å². The molecule has 2 rings (SSSR count). The van der Waals surface area contributed by atoms with Crippen LogP contribution in [0.4, 0.5) is 8.78 Å². The minimum absolute atomic E-state index is 0.0479. The summed E-state index contributed by atoms with van der Waals surface area (Å²) in [5.41, 5.74) is -0.102. The van der Waals surface area contributed by atoms with Crippen molar-refractivity contribution >= 4 is 5.78 Å². The lowest BCUT2D eigenvalue weighted by Crippen LogP contribution is -2.44. The van der Waals surface area contributed by atoms with Gasteiger partial charge in [0, 0.05) is 12.6 Å². The Labute approximate surface area is 110 Å². The van der Waals surface area contributed by atoms with E-state index >= 15 is 0 Å². The highest BCUT2D eigenvalue weighted by atomic mass is 19.1. The zero-order valence-electron chi connectivity index (χ0n) is 10.8. The molecule has 0 radical (unpaired) electrons. The van der Waals surface area contributed by atoms with E-state index in [1.807, 2.05) is 6.92 Å². The average molecular weight is 269 g/mol. The van der Waals surface area contributed by atoms with Crippen LogP contribution in [0, 0.1) is 17.6 Å². The number of carbonyl (C=O) groups excluding carboxylic acids is 1. The van der Waals surface area contributed by atoms with Crippen molar-refractivity contribution in [2.75, 3.05) is 19.6 Å². The fourth-order valence-corrected chi connectivity index (χ4v) is 2.26. The quantitative estimate of drug-likeness (QED) is 0.851. The summed E-state index contributed by atoms with van der Waals surface area (Å²) in [5, 5.41) is 9.75. The molecule has 0 aromatic heterocycles. The highest BCUT2D eigenvalue weighted by Gasteiger charge is 2.26. The van der Waals surface area contributed by atoms with Gasteiger partial charge in [0.2, 0.25) is 0 Å². The lowest BCUT2D eigenvalue weighted by Gasteiger charge is -2.33. The summed E-state index contributed by atoms with van der Waals surface area (Å²) in [6.45, 7) is 3.12. The molecule has 1 aliphatic heterocycles. The molecule has 1 aromatic rings. The molecule has 0 amide bonds. The molecule has 0 bridgehead atoms. The highest BCUT2D eigenvalue weighted by molar-refractivity contribution is 5.97. The molecule has 19 heavy (non-hydrogen) atoms. The molecular weight excluding hydrogens is 252 g/mol. The van der Waals surface area contributed by atoms with Gasteiger partial charge in [-0.25, -0.2) is 8.78 Å². The molecule has 5 heteroatoms. The number of Topliss-reactive ketones (excluding diaryl/α,β-unsaturated/α-hetero) is 1. The van der Waals surface area contributed by atoms with Gasteiger partial charge in [-0.2, -0.15) is 0 Å². The monoisotopic (exact) mass is 269 g/mol. The minimum atomic E-state index is -0.837. The number of benzene rings is 1. The van der Waals surface area contributed by atoms with Crippen molar-refractivity contribution in [3.05, 3.63) is 35.4 Å². The van der Waals surface area contributed by atoms with Gasteiger partial charge in [-0.15, -0.1) is 0 Å². The van der Waals surface area contributed by atoms with E-state index < -0.39 is 17.7 Å². The second kappa shape index (κ2) is 5.75. The van der Waals surface area contributed by atoms with Gasteiger partial charge in [-0.05, 0) is 31.0 Å². The summed E-state index contributed by atoms with van der Waals surface area (Å²) in [6.07, 6.45) is 0.347. The van der Waals surface area contributed by atoms with Gasteiger partial charge in [0.25, 0.3) is 0 Å². The predicted octanol–water partition coefficient (Wildman–Crippen LogP) is 1.85. The Bertz CT molecular complexity index is 479. The van der Waals surface area contributed by atoms with E-state index in [0.29, 0.717) is 19.2 Å². The molecule has 1 aromatic carbocycles. The molecule has 1 saturated heterocycles. The molecule has 2 unspecified atom stereocenters. The van der Waals surface area contributed by atoms with E-state index in [1.54, 1.807) is 4.90 Å². The molecule has 0 saturated carbocycles. The van der Waals surface area contributed by atoms with E-state index in [-0.39, 0.29) is 23.8 Å². The maximum absolute atomic E-state index is 13.5. The second-order valence-electron chi connectivity index (χ2n) is 5.12. The molecule has 1 aliphatic rings. The summed E-state index contributed by atoms with van der Waals surface area (Å²) in [7, 11) is 0. The molecule has 1 heterocycles. The summed E-state index contributed by atoms with van der Waals surface area (Å²) < 4.78 is 26.2. The first kappa shape index (κ1) is 14.1. The van der Waals surface area contributed by atoms with Gasteiger partial charge in [0.15, 0.2) is 5.78 Å². The van der Waals surface area contributed by atoms with Crippen LogP contribution in [0.1, 0.15) is 23.7 Å². The van der Waals surface area contributed by atoms with Crippen LogP contribution in [0.15, 0.2) is 18.2 Å². The normalized spacial score (nSPS) is 24.4. The van der Waals surface area contributed by atoms with Crippen LogP contribution in [0.2, 0.25) is 0 Å². The molecule has 0 aliphatic carbocycles. The standard InChI is InChI=1S/C14H17F2NO2/c1-9-4-5-17(7-13(9)18)8-14(19)11-3-2-10(15)6-12(11)16/h2-3,6,9,13,18H,4-5,7-8H2,1H3. The Morgan fingerprint density at radius 3 is 2.84 bits per heavy atom. The van der Waals surface area contributed by atoms with Gasteiger partial charge in [-0.3, -0.25) is 9.69 Å². The van der Waals surface area contributed by atoms with E-state index in [9.17, 15) is 18.7 Å². The maximum Gasteiger partial charge on any atom is 0.179 e. The third kappa shape index (κ3) is 3.36. The number of likely N-dealkylation sites (tertiary alicyclic amines) is 1. The van der Waals surface area contributed by atoms with E-state index in [2.05, 4.69) is 0 Å². The number of β-amino-alcohol motifs (C(OH)–C–C–N with tert-alkyl or cyclic N) is 1. The lowest BCUT2D eigenvalue weighted by molar-refractivity contribution is 0.0294. The van der Waals surface area contributed by atoms with Gasteiger partial charge >= 0.3 is 0 Å². The third-order valence-corrected chi connectivity index (χ3v) is 3.60. The van der Waals surface area contributed by atoms with Crippen LogP contribution in [0.3, 0.4) is 0 Å². The zero-order valence-corrected chi connectivity index (χ0v) is 10.8. The first-order chi connectivity index (χ1) is 8.97. The van der Waals surface area contributed by atoms with Gasteiger partial charge in [0.1, 0.15) is 11.6 Å². The van der Waals surface area contributed by atoms with Crippen molar-refractivity contribution < 1.29 is 18.7 Å². The van der Waals surface area contributed by atoms with E-state index in [4.69, 9.17) is 0 Å². The number of aliphatic hydroxyl groups is 1. The average Bonchev–Trinajstić information content (AvgIpc) is 2.33. The summed E-state index contributed by atoms with van der Waals surface area (Å²) in [5.74, 6) is -1.71.